The Balaban J connectivity index is 2.02. The summed E-state index contributed by atoms with van der Waals surface area (Å²) in [4.78, 5) is 2.47. The summed E-state index contributed by atoms with van der Waals surface area (Å²) in [7, 11) is 6.49. The monoisotopic (exact) mass is 225 g/mol. The van der Waals surface area contributed by atoms with Gasteiger partial charge in [0.25, 0.3) is 0 Å². The Morgan fingerprint density at radius 2 is 2.12 bits per heavy atom. The summed E-state index contributed by atoms with van der Waals surface area (Å²) in [5.74, 6) is 0.851. The number of likely N-dealkylation sites (tertiary alicyclic amines) is 1. The van der Waals surface area contributed by atoms with Gasteiger partial charge in [-0.3, -0.25) is 0 Å². The summed E-state index contributed by atoms with van der Waals surface area (Å²) in [5, 5.41) is 7.03. The van der Waals surface area contributed by atoms with Crippen molar-refractivity contribution in [3.63, 3.8) is 0 Å². The van der Waals surface area contributed by atoms with Gasteiger partial charge in [-0.25, -0.2) is 0 Å². The van der Waals surface area contributed by atoms with Crippen LogP contribution in [-0.4, -0.2) is 51.7 Å². The largest absolute Gasteiger partial charge is 0.319 e. The van der Waals surface area contributed by atoms with Gasteiger partial charge in [0.05, 0.1) is 0 Å². The van der Waals surface area contributed by atoms with Gasteiger partial charge in [-0.2, -0.15) is 0 Å². The van der Waals surface area contributed by atoms with E-state index in [0.717, 1.165) is 5.92 Å². The minimum absolute atomic E-state index is 0.541. The lowest BCUT2D eigenvalue weighted by atomic mass is 9.60. The zero-order chi connectivity index (χ0) is 11.6. The van der Waals surface area contributed by atoms with Gasteiger partial charge in [-0.1, -0.05) is 6.42 Å². The van der Waals surface area contributed by atoms with E-state index >= 15 is 0 Å². The zero-order valence-corrected chi connectivity index (χ0v) is 11.1. The van der Waals surface area contributed by atoms with Gasteiger partial charge in [0, 0.05) is 19.1 Å². The first-order valence-corrected chi connectivity index (χ1v) is 6.72. The molecule has 0 bridgehead atoms. The van der Waals surface area contributed by atoms with Crippen LogP contribution >= 0.6 is 0 Å². The average molecular weight is 225 g/mol. The summed E-state index contributed by atoms with van der Waals surface area (Å²) in [5.41, 5.74) is 0.541. The molecule has 2 N–H and O–H groups in total. The van der Waals surface area contributed by atoms with Gasteiger partial charge in [-0.15, -0.1) is 0 Å². The van der Waals surface area contributed by atoms with E-state index in [0.29, 0.717) is 11.5 Å². The molecule has 2 aliphatic rings. The second-order valence-corrected chi connectivity index (χ2v) is 5.82. The summed E-state index contributed by atoms with van der Waals surface area (Å²) >= 11 is 0. The molecule has 2 fully saturated rings. The minimum atomic E-state index is 0.541. The predicted octanol–water partition coefficient (Wildman–Crippen LogP) is 0.916. The molecule has 0 spiro atoms. The Morgan fingerprint density at radius 1 is 1.38 bits per heavy atom. The lowest BCUT2D eigenvalue weighted by Crippen LogP contribution is -2.56. The number of hydrogen-bond donors (Lipinski definition) is 2. The molecule has 1 heterocycles. The zero-order valence-electron chi connectivity index (χ0n) is 11.1. The lowest BCUT2D eigenvalue weighted by molar-refractivity contribution is 0.0498. The van der Waals surface area contributed by atoms with E-state index in [-0.39, 0.29) is 0 Å². The van der Waals surface area contributed by atoms with Gasteiger partial charge < -0.3 is 15.5 Å². The van der Waals surface area contributed by atoms with Crippen LogP contribution in [0.2, 0.25) is 0 Å². The van der Waals surface area contributed by atoms with Crippen molar-refractivity contribution >= 4 is 0 Å². The van der Waals surface area contributed by atoms with E-state index in [2.05, 4.69) is 36.7 Å². The van der Waals surface area contributed by atoms with Crippen molar-refractivity contribution in [2.24, 2.45) is 11.3 Å². The van der Waals surface area contributed by atoms with Crippen LogP contribution in [0.4, 0.5) is 0 Å². The maximum Gasteiger partial charge on any atom is 0.0174 e. The third-order valence-electron chi connectivity index (χ3n) is 4.75. The van der Waals surface area contributed by atoms with Crippen LogP contribution in [0.25, 0.3) is 0 Å². The molecule has 0 aromatic rings. The maximum atomic E-state index is 3.63. The first kappa shape index (κ1) is 12.3. The number of nitrogens with one attached hydrogen (secondary N) is 2. The molecule has 0 aromatic heterocycles. The van der Waals surface area contributed by atoms with Crippen LogP contribution in [0.15, 0.2) is 0 Å². The molecule has 94 valence electrons. The molecule has 16 heavy (non-hydrogen) atoms. The van der Waals surface area contributed by atoms with Crippen molar-refractivity contribution in [2.75, 3.05) is 40.8 Å². The van der Waals surface area contributed by atoms with E-state index in [9.17, 15) is 0 Å². The third-order valence-corrected chi connectivity index (χ3v) is 4.75. The summed E-state index contributed by atoms with van der Waals surface area (Å²) in [6.07, 6.45) is 5.59. The van der Waals surface area contributed by atoms with Gasteiger partial charge in [-0.05, 0) is 58.3 Å². The predicted molar refractivity (Wildman–Crippen MR) is 68.7 cm³/mol. The Bertz CT molecular complexity index is 225. The summed E-state index contributed by atoms with van der Waals surface area (Å²) in [6.45, 7) is 3.73. The molecule has 0 aromatic carbocycles. The van der Waals surface area contributed by atoms with Crippen LogP contribution in [-0.2, 0) is 0 Å². The van der Waals surface area contributed by atoms with Crippen molar-refractivity contribution < 1.29 is 0 Å². The lowest BCUT2D eigenvalue weighted by Gasteiger charge is -2.50. The Hall–Kier alpha value is -0.120. The highest BCUT2D eigenvalue weighted by molar-refractivity contribution is 5.02. The molecule has 2 rings (SSSR count). The Morgan fingerprint density at radius 3 is 2.50 bits per heavy atom. The van der Waals surface area contributed by atoms with E-state index in [1.165, 1.54) is 45.3 Å². The average Bonchev–Trinajstić information content (AvgIpc) is 2.62. The quantitative estimate of drug-likeness (QED) is 0.728. The number of nitrogens with zero attached hydrogens (tertiary/aromatic N) is 1. The fourth-order valence-corrected chi connectivity index (χ4v) is 3.86. The van der Waals surface area contributed by atoms with Gasteiger partial charge in [0.15, 0.2) is 0 Å². The standard InChI is InChI=1S/C13H27N3/c1-14-10-13(6-4-7-13)12(15-2)11-5-8-16(3)9-11/h11-12,14-15H,4-10H2,1-3H3. The van der Waals surface area contributed by atoms with Crippen molar-refractivity contribution in [1.29, 1.82) is 0 Å². The van der Waals surface area contributed by atoms with E-state index in [1.807, 2.05) is 0 Å². The highest BCUT2D eigenvalue weighted by atomic mass is 15.1. The highest BCUT2D eigenvalue weighted by Crippen LogP contribution is 2.46. The van der Waals surface area contributed by atoms with Crippen molar-refractivity contribution in [3.05, 3.63) is 0 Å². The molecule has 0 radical (unpaired) electrons. The molecular weight excluding hydrogens is 198 g/mol. The number of hydrogen-bond acceptors (Lipinski definition) is 3. The third kappa shape index (κ3) is 2.13. The molecule has 1 saturated carbocycles. The van der Waals surface area contributed by atoms with Crippen molar-refractivity contribution in [1.82, 2.24) is 15.5 Å². The van der Waals surface area contributed by atoms with Crippen molar-refractivity contribution in [3.8, 4) is 0 Å². The fourth-order valence-electron chi connectivity index (χ4n) is 3.86. The van der Waals surface area contributed by atoms with Crippen LogP contribution in [0.3, 0.4) is 0 Å². The van der Waals surface area contributed by atoms with E-state index in [4.69, 9.17) is 0 Å². The minimum Gasteiger partial charge on any atom is -0.319 e. The van der Waals surface area contributed by atoms with Crippen LogP contribution in [0.5, 0.6) is 0 Å². The smallest absolute Gasteiger partial charge is 0.0174 e. The normalized spacial score (nSPS) is 31.3. The SMILES string of the molecule is CNCC1(C(NC)C2CCN(C)C2)CCC1. The second kappa shape index (κ2) is 5.03. The summed E-state index contributed by atoms with van der Waals surface area (Å²) < 4.78 is 0. The van der Waals surface area contributed by atoms with Gasteiger partial charge in [0.1, 0.15) is 0 Å². The second-order valence-electron chi connectivity index (χ2n) is 5.82. The van der Waals surface area contributed by atoms with Gasteiger partial charge in [0.2, 0.25) is 0 Å². The van der Waals surface area contributed by atoms with E-state index in [1.54, 1.807) is 0 Å². The van der Waals surface area contributed by atoms with Crippen LogP contribution in [0, 0.1) is 11.3 Å². The summed E-state index contributed by atoms with van der Waals surface area (Å²) in [6, 6.07) is 0.707. The molecular formula is C13H27N3. The molecule has 1 aliphatic carbocycles. The number of rotatable bonds is 5. The molecule has 3 heteroatoms. The highest BCUT2D eigenvalue weighted by Gasteiger charge is 2.46. The Labute approximate surface area is 100.0 Å². The molecule has 2 atom stereocenters. The first-order valence-electron chi connectivity index (χ1n) is 6.72. The molecule has 0 amide bonds. The Kier molecular flexibility index (Phi) is 3.88. The molecule has 3 nitrogen and oxygen atoms in total. The fraction of sp³-hybridized carbons (Fsp3) is 1.00. The molecule has 2 unspecified atom stereocenters. The van der Waals surface area contributed by atoms with Crippen LogP contribution in [0.1, 0.15) is 25.7 Å². The van der Waals surface area contributed by atoms with Gasteiger partial charge >= 0.3 is 0 Å². The first-order chi connectivity index (χ1) is 7.72. The maximum absolute atomic E-state index is 3.63. The van der Waals surface area contributed by atoms with E-state index < -0.39 is 0 Å². The topological polar surface area (TPSA) is 27.3 Å². The molecule has 1 saturated heterocycles. The van der Waals surface area contributed by atoms with Crippen LogP contribution < -0.4 is 10.6 Å². The van der Waals surface area contributed by atoms with Crippen molar-refractivity contribution in [2.45, 2.75) is 31.7 Å². The molecule has 1 aliphatic heterocycles.